The van der Waals surface area contributed by atoms with Gasteiger partial charge in [-0.3, -0.25) is 0 Å². The van der Waals surface area contributed by atoms with Crippen molar-refractivity contribution >= 4 is 11.8 Å². The number of hydrogen-bond acceptors (Lipinski definition) is 2. The molecule has 1 nitrogen and oxygen atoms in total. The third kappa shape index (κ3) is 2.53. The van der Waals surface area contributed by atoms with Crippen molar-refractivity contribution in [3.8, 4) is 0 Å². The summed E-state index contributed by atoms with van der Waals surface area (Å²) in [6, 6.07) is 0.551. The van der Waals surface area contributed by atoms with E-state index in [0.29, 0.717) is 6.04 Å². The fraction of sp³-hybridized carbons (Fsp3) is 0.778. The highest BCUT2D eigenvalue weighted by atomic mass is 32.2. The second kappa shape index (κ2) is 4.83. The standard InChI is InChI=1S/C9H17NS/c1-3-9(10-4-2)8-5-6-11-7-8/h3,8-10H,1,4-7H2,2H3. The minimum atomic E-state index is 0.551. The summed E-state index contributed by atoms with van der Waals surface area (Å²) in [5.74, 6) is 3.47. The zero-order valence-electron chi connectivity index (χ0n) is 7.18. The second-order valence-corrected chi connectivity index (χ2v) is 4.09. The van der Waals surface area contributed by atoms with Gasteiger partial charge in [0.05, 0.1) is 0 Å². The van der Waals surface area contributed by atoms with E-state index in [2.05, 4.69) is 36.7 Å². The van der Waals surface area contributed by atoms with E-state index in [4.69, 9.17) is 0 Å². The average Bonchev–Trinajstić information content (AvgIpc) is 2.52. The van der Waals surface area contributed by atoms with Gasteiger partial charge in [-0.1, -0.05) is 13.0 Å². The van der Waals surface area contributed by atoms with Gasteiger partial charge in [0, 0.05) is 6.04 Å². The Bertz CT molecular complexity index is 119. The molecule has 1 heterocycles. The summed E-state index contributed by atoms with van der Waals surface area (Å²) in [5, 5.41) is 3.44. The average molecular weight is 171 g/mol. The molecule has 0 radical (unpaired) electrons. The molecule has 0 spiro atoms. The predicted molar refractivity (Wildman–Crippen MR) is 53.1 cm³/mol. The first-order valence-electron chi connectivity index (χ1n) is 4.32. The molecule has 0 bridgehead atoms. The normalized spacial score (nSPS) is 26.8. The van der Waals surface area contributed by atoms with Crippen LogP contribution < -0.4 is 5.32 Å². The molecule has 0 aromatic heterocycles. The predicted octanol–water partition coefficient (Wildman–Crippen LogP) is 1.90. The number of rotatable bonds is 4. The Morgan fingerprint density at radius 3 is 3.09 bits per heavy atom. The SMILES string of the molecule is C=CC(NCC)C1CCSC1. The molecular weight excluding hydrogens is 154 g/mol. The maximum Gasteiger partial charge on any atom is 0.0283 e. The summed E-state index contributed by atoms with van der Waals surface area (Å²) < 4.78 is 0. The summed E-state index contributed by atoms with van der Waals surface area (Å²) in [4.78, 5) is 0. The van der Waals surface area contributed by atoms with Crippen LogP contribution >= 0.6 is 11.8 Å². The first-order valence-corrected chi connectivity index (χ1v) is 5.47. The van der Waals surface area contributed by atoms with Gasteiger partial charge in [0.15, 0.2) is 0 Å². The Labute approximate surface area is 73.6 Å². The van der Waals surface area contributed by atoms with E-state index in [1.807, 2.05) is 0 Å². The van der Waals surface area contributed by atoms with Gasteiger partial charge in [-0.25, -0.2) is 0 Å². The van der Waals surface area contributed by atoms with E-state index in [9.17, 15) is 0 Å². The zero-order chi connectivity index (χ0) is 8.10. The Hall–Kier alpha value is 0.0500. The van der Waals surface area contributed by atoms with Crippen LogP contribution in [0.25, 0.3) is 0 Å². The molecule has 0 aromatic rings. The summed E-state index contributed by atoms with van der Waals surface area (Å²) in [5.41, 5.74) is 0. The fourth-order valence-electron chi connectivity index (χ4n) is 1.51. The van der Waals surface area contributed by atoms with Crippen molar-refractivity contribution < 1.29 is 0 Å². The Kier molecular flexibility index (Phi) is 4.02. The molecular formula is C9H17NS. The number of hydrogen-bond donors (Lipinski definition) is 1. The maximum absolute atomic E-state index is 3.85. The van der Waals surface area contributed by atoms with Crippen molar-refractivity contribution in [1.82, 2.24) is 5.32 Å². The zero-order valence-corrected chi connectivity index (χ0v) is 7.99. The topological polar surface area (TPSA) is 12.0 Å². The van der Waals surface area contributed by atoms with Crippen LogP contribution in [0.1, 0.15) is 13.3 Å². The smallest absolute Gasteiger partial charge is 0.0283 e. The van der Waals surface area contributed by atoms with E-state index >= 15 is 0 Å². The highest BCUT2D eigenvalue weighted by molar-refractivity contribution is 7.99. The first-order chi connectivity index (χ1) is 5.38. The molecule has 64 valence electrons. The van der Waals surface area contributed by atoms with E-state index in [1.165, 1.54) is 17.9 Å². The molecule has 1 N–H and O–H groups in total. The van der Waals surface area contributed by atoms with E-state index in [-0.39, 0.29) is 0 Å². The second-order valence-electron chi connectivity index (χ2n) is 2.94. The lowest BCUT2D eigenvalue weighted by Gasteiger charge is -2.19. The summed E-state index contributed by atoms with van der Waals surface area (Å²) >= 11 is 2.06. The molecule has 2 heteroatoms. The van der Waals surface area contributed by atoms with Crippen LogP contribution in [0.3, 0.4) is 0 Å². The minimum Gasteiger partial charge on any atom is -0.310 e. The maximum atomic E-state index is 3.85. The quantitative estimate of drug-likeness (QED) is 0.648. The summed E-state index contributed by atoms with van der Waals surface area (Å²) in [6.45, 7) is 7.06. The number of nitrogens with one attached hydrogen (secondary N) is 1. The van der Waals surface area contributed by atoms with Crippen LogP contribution in [0, 0.1) is 5.92 Å². The Morgan fingerprint density at radius 1 is 1.82 bits per heavy atom. The van der Waals surface area contributed by atoms with Crippen molar-refractivity contribution in [1.29, 1.82) is 0 Å². The lowest BCUT2D eigenvalue weighted by molar-refractivity contribution is 0.452. The molecule has 1 fully saturated rings. The van der Waals surface area contributed by atoms with Crippen molar-refractivity contribution in [3.05, 3.63) is 12.7 Å². The van der Waals surface area contributed by atoms with E-state index in [1.54, 1.807) is 0 Å². The van der Waals surface area contributed by atoms with Gasteiger partial charge in [-0.2, -0.15) is 11.8 Å². The summed E-state index contributed by atoms with van der Waals surface area (Å²) in [7, 11) is 0. The van der Waals surface area contributed by atoms with Crippen LogP contribution in [0.15, 0.2) is 12.7 Å². The highest BCUT2D eigenvalue weighted by Crippen LogP contribution is 2.26. The van der Waals surface area contributed by atoms with Gasteiger partial charge in [0.25, 0.3) is 0 Å². The molecule has 0 amide bonds. The van der Waals surface area contributed by atoms with Gasteiger partial charge < -0.3 is 5.32 Å². The highest BCUT2D eigenvalue weighted by Gasteiger charge is 2.21. The van der Waals surface area contributed by atoms with Gasteiger partial charge in [0.2, 0.25) is 0 Å². The fourth-order valence-corrected chi connectivity index (χ4v) is 2.83. The number of thioether (sulfide) groups is 1. The molecule has 2 atom stereocenters. The third-order valence-corrected chi connectivity index (χ3v) is 3.35. The Morgan fingerprint density at radius 2 is 2.64 bits per heavy atom. The lowest BCUT2D eigenvalue weighted by Crippen LogP contribution is -2.34. The molecule has 0 aliphatic carbocycles. The molecule has 0 saturated carbocycles. The first kappa shape index (κ1) is 9.14. The largest absolute Gasteiger partial charge is 0.310 e. The van der Waals surface area contributed by atoms with Crippen LogP contribution in [0.5, 0.6) is 0 Å². The molecule has 2 unspecified atom stereocenters. The van der Waals surface area contributed by atoms with Gasteiger partial charge in [-0.15, -0.1) is 6.58 Å². The van der Waals surface area contributed by atoms with Gasteiger partial charge in [-0.05, 0) is 30.4 Å². The van der Waals surface area contributed by atoms with E-state index in [0.717, 1.165) is 12.5 Å². The van der Waals surface area contributed by atoms with Crippen molar-refractivity contribution in [3.63, 3.8) is 0 Å². The molecule has 0 aromatic carbocycles. The minimum absolute atomic E-state index is 0.551. The number of likely N-dealkylation sites (N-methyl/N-ethyl adjacent to an activating group) is 1. The Balaban J connectivity index is 2.33. The molecule has 1 aliphatic rings. The summed E-state index contributed by atoms with van der Waals surface area (Å²) in [6.07, 6.45) is 3.41. The monoisotopic (exact) mass is 171 g/mol. The van der Waals surface area contributed by atoms with Gasteiger partial charge in [0.1, 0.15) is 0 Å². The molecule has 11 heavy (non-hydrogen) atoms. The van der Waals surface area contributed by atoms with Crippen molar-refractivity contribution in [2.45, 2.75) is 19.4 Å². The van der Waals surface area contributed by atoms with Crippen molar-refractivity contribution in [2.24, 2.45) is 5.92 Å². The van der Waals surface area contributed by atoms with Gasteiger partial charge >= 0.3 is 0 Å². The molecule has 1 rings (SSSR count). The van der Waals surface area contributed by atoms with Crippen molar-refractivity contribution in [2.75, 3.05) is 18.1 Å². The van der Waals surface area contributed by atoms with Crippen LogP contribution in [0.2, 0.25) is 0 Å². The molecule has 1 aliphatic heterocycles. The van der Waals surface area contributed by atoms with Crippen LogP contribution in [-0.2, 0) is 0 Å². The third-order valence-electron chi connectivity index (χ3n) is 2.17. The van der Waals surface area contributed by atoms with E-state index < -0.39 is 0 Å². The van der Waals surface area contributed by atoms with Crippen LogP contribution in [0.4, 0.5) is 0 Å². The van der Waals surface area contributed by atoms with Crippen LogP contribution in [-0.4, -0.2) is 24.1 Å². The molecule has 1 saturated heterocycles. The lowest BCUT2D eigenvalue weighted by atomic mass is 9.99.